The molecule has 0 unspecified atom stereocenters. The lowest BCUT2D eigenvalue weighted by Crippen LogP contribution is -2.23. The molecule has 126 valence electrons. The van der Waals surface area contributed by atoms with E-state index in [0.29, 0.717) is 32.5 Å². The van der Waals surface area contributed by atoms with E-state index in [1.54, 1.807) is 19.1 Å². The molecule has 8 heteroatoms. The Kier molecular flexibility index (Phi) is 10.2. The van der Waals surface area contributed by atoms with Crippen LogP contribution in [-0.4, -0.2) is 25.7 Å². The fourth-order valence-electron chi connectivity index (χ4n) is 1.68. The standard InChI is InChI=1S/C14H20F2N2O3.ClH/c1-2-20-12-8-10(5-6-11(12)21-14(15)16)9-18-13(19)4-3-7-17;/h5-6,8,14H,2-4,7,9,17H2,1H3,(H,18,19);1H. The largest absolute Gasteiger partial charge is 0.490 e. The predicted molar refractivity (Wildman–Crippen MR) is 81.6 cm³/mol. The number of amides is 1. The molecule has 0 spiro atoms. The Morgan fingerprint density at radius 2 is 2.09 bits per heavy atom. The Labute approximate surface area is 134 Å². The highest BCUT2D eigenvalue weighted by Crippen LogP contribution is 2.29. The Bertz CT molecular complexity index is 462. The molecule has 22 heavy (non-hydrogen) atoms. The van der Waals surface area contributed by atoms with E-state index in [9.17, 15) is 13.6 Å². The minimum atomic E-state index is -2.91. The second-order valence-electron chi connectivity index (χ2n) is 4.26. The van der Waals surface area contributed by atoms with Crippen molar-refractivity contribution in [3.05, 3.63) is 23.8 Å². The molecule has 0 atom stereocenters. The molecule has 0 heterocycles. The van der Waals surface area contributed by atoms with E-state index in [-0.39, 0.29) is 29.8 Å². The zero-order valence-electron chi connectivity index (χ0n) is 12.3. The monoisotopic (exact) mass is 338 g/mol. The summed E-state index contributed by atoms with van der Waals surface area (Å²) in [6.45, 7) is -0.0923. The number of benzene rings is 1. The molecule has 0 saturated heterocycles. The van der Waals surface area contributed by atoms with E-state index in [1.165, 1.54) is 6.07 Å². The molecule has 1 aromatic carbocycles. The van der Waals surface area contributed by atoms with Crippen LogP contribution in [0.5, 0.6) is 11.5 Å². The molecule has 0 fully saturated rings. The van der Waals surface area contributed by atoms with Crippen molar-refractivity contribution in [3.8, 4) is 11.5 Å². The van der Waals surface area contributed by atoms with Gasteiger partial charge in [0.1, 0.15) is 0 Å². The van der Waals surface area contributed by atoms with Gasteiger partial charge in [0.25, 0.3) is 0 Å². The molecule has 0 aromatic heterocycles. The van der Waals surface area contributed by atoms with Crippen LogP contribution < -0.4 is 20.5 Å². The molecule has 0 radical (unpaired) electrons. The first-order valence-corrected chi connectivity index (χ1v) is 6.74. The first-order chi connectivity index (χ1) is 10.1. The van der Waals surface area contributed by atoms with Crippen LogP contribution in [0.15, 0.2) is 18.2 Å². The number of ether oxygens (including phenoxy) is 2. The first-order valence-electron chi connectivity index (χ1n) is 6.74. The zero-order valence-corrected chi connectivity index (χ0v) is 13.1. The molecule has 0 saturated carbocycles. The van der Waals surface area contributed by atoms with Gasteiger partial charge < -0.3 is 20.5 Å². The minimum Gasteiger partial charge on any atom is -0.490 e. The van der Waals surface area contributed by atoms with Gasteiger partial charge in [-0.05, 0) is 37.6 Å². The number of hydrogen-bond donors (Lipinski definition) is 2. The van der Waals surface area contributed by atoms with Crippen molar-refractivity contribution in [1.82, 2.24) is 5.32 Å². The number of alkyl halides is 2. The lowest BCUT2D eigenvalue weighted by atomic mass is 10.2. The molecule has 0 aliphatic carbocycles. The molecule has 1 amide bonds. The first kappa shape index (κ1) is 20.4. The summed E-state index contributed by atoms with van der Waals surface area (Å²) in [7, 11) is 0. The van der Waals surface area contributed by atoms with Gasteiger partial charge in [-0.1, -0.05) is 6.07 Å². The van der Waals surface area contributed by atoms with Crippen LogP contribution in [0.25, 0.3) is 0 Å². The van der Waals surface area contributed by atoms with Gasteiger partial charge in [0.2, 0.25) is 5.91 Å². The van der Waals surface area contributed by atoms with Crippen molar-refractivity contribution in [2.24, 2.45) is 5.73 Å². The molecule has 1 rings (SSSR count). The Morgan fingerprint density at radius 1 is 1.36 bits per heavy atom. The van der Waals surface area contributed by atoms with Crippen molar-refractivity contribution >= 4 is 18.3 Å². The van der Waals surface area contributed by atoms with Crippen LogP contribution in [0, 0.1) is 0 Å². The third-order valence-corrected chi connectivity index (χ3v) is 2.62. The van der Waals surface area contributed by atoms with E-state index in [2.05, 4.69) is 10.1 Å². The number of nitrogens with two attached hydrogens (primary N) is 1. The fraction of sp³-hybridized carbons (Fsp3) is 0.500. The summed E-state index contributed by atoms with van der Waals surface area (Å²) in [6.07, 6.45) is 0.985. The van der Waals surface area contributed by atoms with Crippen LogP contribution in [0.4, 0.5) is 8.78 Å². The van der Waals surface area contributed by atoms with Crippen molar-refractivity contribution in [3.63, 3.8) is 0 Å². The quantitative estimate of drug-likeness (QED) is 0.725. The van der Waals surface area contributed by atoms with Gasteiger partial charge >= 0.3 is 6.61 Å². The minimum absolute atomic E-state index is 0. The van der Waals surface area contributed by atoms with E-state index in [4.69, 9.17) is 10.5 Å². The third-order valence-electron chi connectivity index (χ3n) is 2.62. The van der Waals surface area contributed by atoms with Gasteiger partial charge in [0.05, 0.1) is 6.61 Å². The number of rotatable bonds is 9. The van der Waals surface area contributed by atoms with Gasteiger partial charge in [-0.2, -0.15) is 8.78 Å². The molecule has 3 N–H and O–H groups in total. The molecule has 0 aliphatic rings. The van der Waals surface area contributed by atoms with Gasteiger partial charge in [-0.15, -0.1) is 12.4 Å². The zero-order chi connectivity index (χ0) is 15.7. The van der Waals surface area contributed by atoms with Crippen LogP contribution in [0.2, 0.25) is 0 Å². The van der Waals surface area contributed by atoms with Crippen molar-refractivity contribution in [2.75, 3.05) is 13.2 Å². The average Bonchev–Trinajstić information content (AvgIpc) is 2.45. The highest BCUT2D eigenvalue weighted by molar-refractivity contribution is 5.85. The fourth-order valence-corrected chi connectivity index (χ4v) is 1.68. The number of nitrogens with one attached hydrogen (secondary N) is 1. The highest BCUT2D eigenvalue weighted by atomic mass is 35.5. The Hall–Kier alpha value is -1.60. The van der Waals surface area contributed by atoms with Gasteiger partial charge in [0.15, 0.2) is 11.5 Å². The second kappa shape index (κ2) is 11.0. The average molecular weight is 339 g/mol. The van der Waals surface area contributed by atoms with Crippen molar-refractivity contribution in [2.45, 2.75) is 32.9 Å². The lowest BCUT2D eigenvalue weighted by molar-refractivity contribution is -0.121. The SMILES string of the molecule is CCOc1cc(CNC(=O)CCCN)ccc1OC(F)F.Cl. The molecular formula is C14H21ClF2N2O3. The number of hydrogen-bond acceptors (Lipinski definition) is 4. The maximum Gasteiger partial charge on any atom is 0.387 e. The maximum atomic E-state index is 12.3. The van der Waals surface area contributed by atoms with Crippen molar-refractivity contribution in [1.29, 1.82) is 0 Å². The normalized spacial score (nSPS) is 10.0. The summed E-state index contributed by atoms with van der Waals surface area (Å²) in [6, 6.07) is 4.58. The predicted octanol–water partition coefficient (Wildman–Crippen LogP) is 2.46. The van der Waals surface area contributed by atoms with E-state index < -0.39 is 6.61 Å². The van der Waals surface area contributed by atoms with E-state index >= 15 is 0 Å². The highest BCUT2D eigenvalue weighted by Gasteiger charge is 2.12. The summed E-state index contributed by atoms with van der Waals surface area (Å²) in [4.78, 5) is 11.5. The number of halogens is 3. The summed E-state index contributed by atoms with van der Waals surface area (Å²) in [5.74, 6) is 0.0999. The molecule has 1 aromatic rings. The second-order valence-corrected chi connectivity index (χ2v) is 4.26. The topological polar surface area (TPSA) is 73.6 Å². The summed E-state index contributed by atoms with van der Waals surface area (Å²) in [5, 5.41) is 2.72. The molecule has 5 nitrogen and oxygen atoms in total. The summed E-state index contributed by atoms with van der Waals surface area (Å²) < 4.78 is 34.2. The van der Waals surface area contributed by atoms with Crippen LogP contribution >= 0.6 is 12.4 Å². The van der Waals surface area contributed by atoms with Gasteiger partial charge in [-0.3, -0.25) is 4.79 Å². The Morgan fingerprint density at radius 3 is 2.68 bits per heavy atom. The molecular weight excluding hydrogens is 318 g/mol. The van der Waals surface area contributed by atoms with E-state index in [1.807, 2.05) is 0 Å². The van der Waals surface area contributed by atoms with Gasteiger partial charge in [0, 0.05) is 13.0 Å². The molecule has 0 bridgehead atoms. The number of carbonyl (C=O) groups excluding carboxylic acids is 1. The lowest BCUT2D eigenvalue weighted by Gasteiger charge is -2.13. The van der Waals surface area contributed by atoms with E-state index in [0.717, 1.165) is 5.56 Å². The molecule has 0 aliphatic heterocycles. The van der Waals surface area contributed by atoms with Crippen LogP contribution in [0.3, 0.4) is 0 Å². The van der Waals surface area contributed by atoms with Crippen LogP contribution in [0.1, 0.15) is 25.3 Å². The number of carbonyl (C=O) groups is 1. The summed E-state index contributed by atoms with van der Waals surface area (Å²) in [5.41, 5.74) is 6.06. The Balaban J connectivity index is 0.00000441. The van der Waals surface area contributed by atoms with Crippen molar-refractivity contribution < 1.29 is 23.0 Å². The smallest absolute Gasteiger partial charge is 0.387 e. The summed E-state index contributed by atoms with van der Waals surface area (Å²) >= 11 is 0. The third kappa shape index (κ3) is 7.42. The maximum absolute atomic E-state index is 12.3. The van der Waals surface area contributed by atoms with Crippen LogP contribution in [-0.2, 0) is 11.3 Å². The van der Waals surface area contributed by atoms with Gasteiger partial charge in [-0.25, -0.2) is 0 Å².